The SMILES string of the molecule is CCCCCCCN(C)C(C)C(O)c1ccccc1. The monoisotopic (exact) mass is 263 g/mol. The maximum atomic E-state index is 10.4. The van der Waals surface area contributed by atoms with Crippen LogP contribution in [0.2, 0.25) is 0 Å². The van der Waals surface area contributed by atoms with Crippen molar-refractivity contribution >= 4 is 0 Å². The molecular formula is C17H29NO. The Morgan fingerprint density at radius 3 is 2.32 bits per heavy atom. The van der Waals surface area contributed by atoms with Crippen LogP contribution in [0.5, 0.6) is 0 Å². The summed E-state index contributed by atoms with van der Waals surface area (Å²) in [7, 11) is 2.11. The fraction of sp³-hybridized carbons (Fsp3) is 0.647. The topological polar surface area (TPSA) is 23.5 Å². The van der Waals surface area contributed by atoms with E-state index in [9.17, 15) is 5.11 Å². The Morgan fingerprint density at radius 1 is 1.05 bits per heavy atom. The average Bonchev–Trinajstić information content (AvgIpc) is 2.46. The van der Waals surface area contributed by atoms with Gasteiger partial charge in [-0.25, -0.2) is 0 Å². The first-order valence-corrected chi connectivity index (χ1v) is 7.60. The fourth-order valence-corrected chi connectivity index (χ4v) is 2.34. The molecule has 2 nitrogen and oxygen atoms in total. The summed E-state index contributed by atoms with van der Waals surface area (Å²) in [6.07, 6.45) is 6.08. The lowest BCUT2D eigenvalue weighted by Crippen LogP contribution is -2.35. The van der Waals surface area contributed by atoms with E-state index in [2.05, 4.69) is 25.8 Å². The van der Waals surface area contributed by atoms with E-state index >= 15 is 0 Å². The summed E-state index contributed by atoms with van der Waals surface area (Å²) in [5.74, 6) is 0. The summed E-state index contributed by atoms with van der Waals surface area (Å²) in [6.45, 7) is 5.41. The first-order valence-electron chi connectivity index (χ1n) is 7.60. The number of unbranched alkanes of at least 4 members (excludes halogenated alkanes) is 4. The smallest absolute Gasteiger partial charge is 0.0942 e. The van der Waals surface area contributed by atoms with Crippen LogP contribution in [0, 0.1) is 0 Å². The molecule has 108 valence electrons. The van der Waals surface area contributed by atoms with Gasteiger partial charge in [-0.15, -0.1) is 0 Å². The molecule has 0 aliphatic heterocycles. The van der Waals surface area contributed by atoms with Crippen molar-refractivity contribution in [2.45, 2.75) is 58.1 Å². The van der Waals surface area contributed by atoms with Crippen LogP contribution in [0.3, 0.4) is 0 Å². The van der Waals surface area contributed by atoms with Gasteiger partial charge in [-0.2, -0.15) is 0 Å². The molecular weight excluding hydrogens is 234 g/mol. The van der Waals surface area contributed by atoms with Crippen molar-refractivity contribution in [3.05, 3.63) is 35.9 Å². The molecule has 1 aromatic carbocycles. The Labute approximate surface area is 118 Å². The molecule has 0 aromatic heterocycles. The lowest BCUT2D eigenvalue weighted by molar-refractivity contribution is 0.0717. The third kappa shape index (κ3) is 5.75. The standard InChI is InChI=1S/C17H29NO/c1-4-5-6-7-11-14-18(3)15(2)17(19)16-12-9-8-10-13-16/h8-10,12-13,15,17,19H,4-7,11,14H2,1-3H3. The molecule has 0 fully saturated rings. The highest BCUT2D eigenvalue weighted by molar-refractivity contribution is 5.18. The van der Waals surface area contributed by atoms with E-state index in [1.165, 1.54) is 32.1 Å². The maximum absolute atomic E-state index is 10.4. The van der Waals surface area contributed by atoms with Crippen molar-refractivity contribution < 1.29 is 5.11 Å². The molecule has 0 aliphatic carbocycles. The molecule has 0 spiro atoms. The first-order chi connectivity index (χ1) is 9.16. The van der Waals surface area contributed by atoms with Gasteiger partial charge in [0.05, 0.1) is 6.10 Å². The number of benzene rings is 1. The number of hydrogen-bond donors (Lipinski definition) is 1. The second kappa shape index (κ2) is 9.11. The predicted octanol–water partition coefficient (Wildman–Crippen LogP) is 4.01. The summed E-state index contributed by atoms with van der Waals surface area (Å²) in [5, 5.41) is 10.4. The van der Waals surface area contributed by atoms with Crippen molar-refractivity contribution in [2.75, 3.05) is 13.6 Å². The molecule has 0 amide bonds. The second-order valence-electron chi connectivity index (χ2n) is 5.49. The molecule has 0 bridgehead atoms. The van der Waals surface area contributed by atoms with Gasteiger partial charge in [0.2, 0.25) is 0 Å². The van der Waals surface area contributed by atoms with Gasteiger partial charge in [-0.3, -0.25) is 0 Å². The largest absolute Gasteiger partial charge is 0.387 e. The number of hydrogen-bond acceptors (Lipinski definition) is 2. The van der Waals surface area contributed by atoms with Crippen LogP contribution in [0.25, 0.3) is 0 Å². The average molecular weight is 263 g/mol. The van der Waals surface area contributed by atoms with E-state index in [1.807, 2.05) is 30.3 Å². The lowest BCUT2D eigenvalue weighted by atomic mass is 10.0. The Balaban J connectivity index is 2.33. The molecule has 1 rings (SSSR count). The molecule has 0 saturated heterocycles. The zero-order valence-electron chi connectivity index (χ0n) is 12.7. The van der Waals surface area contributed by atoms with Crippen molar-refractivity contribution in [1.82, 2.24) is 4.90 Å². The van der Waals surface area contributed by atoms with Crippen LogP contribution < -0.4 is 0 Å². The minimum atomic E-state index is -0.401. The molecule has 19 heavy (non-hydrogen) atoms. The van der Waals surface area contributed by atoms with Crippen molar-refractivity contribution in [1.29, 1.82) is 0 Å². The van der Waals surface area contributed by atoms with E-state index in [4.69, 9.17) is 0 Å². The highest BCUT2D eigenvalue weighted by Crippen LogP contribution is 2.20. The minimum absolute atomic E-state index is 0.161. The summed E-state index contributed by atoms with van der Waals surface area (Å²) in [6, 6.07) is 10.1. The Bertz CT molecular complexity index is 325. The number of aliphatic hydroxyl groups excluding tert-OH is 1. The third-order valence-corrected chi connectivity index (χ3v) is 3.91. The third-order valence-electron chi connectivity index (χ3n) is 3.91. The number of likely N-dealkylation sites (N-methyl/N-ethyl adjacent to an activating group) is 1. The fourth-order valence-electron chi connectivity index (χ4n) is 2.34. The molecule has 2 unspecified atom stereocenters. The van der Waals surface area contributed by atoms with Gasteiger partial charge in [0, 0.05) is 6.04 Å². The van der Waals surface area contributed by atoms with Gasteiger partial charge in [-0.1, -0.05) is 62.9 Å². The zero-order chi connectivity index (χ0) is 14.1. The van der Waals surface area contributed by atoms with Crippen LogP contribution in [0.15, 0.2) is 30.3 Å². The van der Waals surface area contributed by atoms with Crippen molar-refractivity contribution in [3.8, 4) is 0 Å². The Morgan fingerprint density at radius 2 is 1.68 bits per heavy atom. The number of aliphatic hydroxyl groups is 1. The predicted molar refractivity (Wildman–Crippen MR) is 82.3 cm³/mol. The molecule has 1 N–H and O–H groups in total. The van der Waals surface area contributed by atoms with Crippen LogP contribution in [-0.2, 0) is 0 Å². The quantitative estimate of drug-likeness (QED) is 0.680. The highest BCUT2D eigenvalue weighted by Gasteiger charge is 2.19. The molecule has 0 radical (unpaired) electrons. The van der Waals surface area contributed by atoms with Crippen molar-refractivity contribution in [3.63, 3.8) is 0 Å². The normalized spacial score (nSPS) is 14.6. The molecule has 2 heteroatoms. The second-order valence-corrected chi connectivity index (χ2v) is 5.49. The van der Waals surface area contributed by atoms with Crippen molar-refractivity contribution in [2.24, 2.45) is 0 Å². The molecule has 0 aliphatic rings. The van der Waals surface area contributed by atoms with E-state index in [-0.39, 0.29) is 6.04 Å². The van der Waals surface area contributed by atoms with Gasteiger partial charge < -0.3 is 10.0 Å². The molecule has 2 atom stereocenters. The van der Waals surface area contributed by atoms with E-state index in [0.29, 0.717) is 0 Å². The van der Waals surface area contributed by atoms with Gasteiger partial charge >= 0.3 is 0 Å². The Hall–Kier alpha value is -0.860. The first kappa shape index (κ1) is 16.2. The van der Waals surface area contributed by atoms with Crippen LogP contribution >= 0.6 is 0 Å². The van der Waals surface area contributed by atoms with E-state index < -0.39 is 6.10 Å². The molecule has 1 aromatic rings. The van der Waals surface area contributed by atoms with Gasteiger partial charge in [0.15, 0.2) is 0 Å². The zero-order valence-corrected chi connectivity index (χ0v) is 12.7. The van der Waals surface area contributed by atoms with Crippen LogP contribution in [0.1, 0.15) is 57.6 Å². The Kier molecular flexibility index (Phi) is 7.76. The molecule has 0 saturated carbocycles. The van der Waals surface area contributed by atoms with Crippen LogP contribution in [0.4, 0.5) is 0 Å². The number of nitrogens with zero attached hydrogens (tertiary/aromatic N) is 1. The van der Waals surface area contributed by atoms with E-state index in [0.717, 1.165) is 12.1 Å². The minimum Gasteiger partial charge on any atom is -0.387 e. The summed E-state index contributed by atoms with van der Waals surface area (Å²) in [4.78, 5) is 2.27. The van der Waals surface area contributed by atoms with Gasteiger partial charge in [-0.05, 0) is 32.5 Å². The summed E-state index contributed by atoms with van der Waals surface area (Å²) in [5.41, 5.74) is 1.01. The van der Waals surface area contributed by atoms with Crippen LogP contribution in [-0.4, -0.2) is 29.6 Å². The summed E-state index contributed by atoms with van der Waals surface area (Å²) >= 11 is 0. The lowest BCUT2D eigenvalue weighted by Gasteiger charge is -2.29. The van der Waals surface area contributed by atoms with Gasteiger partial charge in [0.1, 0.15) is 0 Å². The molecule has 0 heterocycles. The summed E-state index contributed by atoms with van der Waals surface area (Å²) < 4.78 is 0. The van der Waals surface area contributed by atoms with E-state index in [1.54, 1.807) is 0 Å². The number of rotatable bonds is 9. The van der Waals surface area contributed by atoms with Gasteiger partial charge in [0.25, 0.3) is 0 Å². The highest BCUT2D eigenvalue weighted by atomic mass is 16.3. The maximum Gasteiger partial charge on any atom is 0.0942 e.